The molecule has 2 aromatic heterocycles. The Kier molecular flexibility index (Phi) is 5.29. The van der Waals surface area contributed by atoms with E-state index in [4.69, 9.17) is 5.73 Å². The van der Waals surface area contributed by atoms with Crippen LogP contribution in [0, 0.1) is 12.7 Å². The van der Waals surface area contributed by atoms with Crippen LogP contribution in [0.5, 0.6) is 0 Å². The lowest BCUT2D eigenvalue weighted by molar-refractivity contribution is 0.548. The van der Waals surface area contributed by atoms with Gasteiger partial charge in [0.15, 0.2) is 9.84 Å². The van der Waals surface area contributed by atoms with Crippen molar-refractivity contribution in [2.24, 2.45) is 0 Å². The molecule has 0 spiro atoms. The number of halogens is 1. The van der Waals surface area contributed by atoms with Crippen molar-refractivity contribution < 1.29 is 12.8 Å². The Hall–Kier alpha value is -3.26. The first-order valence-corrected chi connectivity index (χ1v) is 11.8. The summed E-state index contributed by atoms with van der Waals surface area (Å²) in [6, 6.07) is 13.3. The van der Waals surface area contributed by atoms with Crippen LogP contribution in [0.3, 0.4) is 0 Å². The number of fused-ring (bicyclic) bond motifs is 1. The van der Waals surface area contributed by atoms with Gasteiger partial charge in [0.25, 0.3) is 0 Å². The fourth-order valence-corrected chi connectivity index (χ4v) is 5.14. The first kappa shape index (κ1) is 22.0. The van der Waals surface area contributed by atoms with Gasteiger partial charge in [-0.2, -0.15) is 5.10 Å². The van der Waals surface area contributed by atoms with Crippen molar-refractivity contribution in [1.82, 2.24) is 14.8 Å². The molecule has 8 heteroatoms. The summed E-state index contributed by atoms with van der Waals surface area (Å²) >= 11 is 0. The first-order chi connectivity index (χ1) is 15.0. The molecule has 4 rings (SSSR count). The van der Waals surface area contributed by atoms with Gasteiger partial charge in [0.2, 0.25) is 0 Å². The number of rotatable bonds is 4. The molecule has 0 aliphatic heterocycles. The third-order valence-corrected chi connectivity index (χ3v) is 7.10. The van der Waals surface area contributed by atoms with E-state index < -0.39 is 21.4 Å². The van der Waals surface area contributed by atoms with E-state index in [1.165, 1.54) is 12.1 Å². The highest BCUT2D eigenvalue weighted by Crippen LogP contribution is 2.30. The van der Waals surface area contributed by atoms with E-state index in [9.17, 15) is 12.8 Å². The molecule has 0 bridgehead atoms. The number of nitrogens with zero attached hydrogens (tertiary/aromatic N) is 3. The van der Waals surface area contributed by atoms with Crippen LogP contribution in [0.25, 0.3) is 16.5 Å². The minimum atomic E-state index is -3.96. The summed E-state index contributed by atoms with van der Waals surface area (Å²) in [5.74, 6) is -0.760. The van der Waals surface area contributed by atoms with Crippen LogP contribution >= 0.6 is 0 Å². The lowest BCUT2D eigenvalue weighted by atomic mass is 9.87. The number of anilines is 1. The summed E-state index contributed by atoms with van der Waals surface area (Å²) in [6.45, 7) is 7.63. The molecule has 2 heterocycles. The van der Waals surface area contributed by atoms with Crippen LogP contribution in [0.2, 0.25) is 0 Å². The lowest BCUT2D eigenvalue weighted by Gasteiger charge is -2.19. The zero-order valence-corrected chi connectivity index (χ0v) is 19.2. The van der Waals surface area contributed by atoms with Crippen LogP contribution in [-0.4, -0.2) is 23.2 Å². The van der Waals surface area contributed by atoms with E-state index in [-0.39, 0.29) is 10.3 Å². The van der Waals surface area contributed by atoms with Crippen LogP contribution in [0.15, 0.2) is 59.6 Å². The van der Waals surface area contributed by atoms with Crippen molar-refractivity contribution in [3.8, 4) is 5.69 Å². The van der Waals surface area contributed by atoms with Crippen LogP contribution in [0.4, 0.5) is 10.2 Å². The van der Waals surface area contributed by atoms with Gasteiger partial charge in [-0.1, -0.05) is 39.0 Å². The van der Waals surface area contributed by atoms with Gasteiger partial charge in [0, 0.05) is 17.0 Å². The second kappa shape index (κ2) is 7.70. The van der Waals surface area contributed by atoms with Crippen LogP contribution < -0.4 is 5.73 Å². The average Bonchev–Trinajstić information content (AvgIpc) is 3.06. The number of benzene rings is 2. The SMILES string of the molecule is Cc1cc(CS(=O)(=O)c2ccc(C(C)(C)C)cc2F)n(-c2cccc3c(N)nccc23)n1. The molecule has 0 unspecified atom stereocenters. The molecule has 0 amide bonds. The number of sulfone groups is 1. The lowest BCUT2D eigenvalue weighted by Crippen LogP contribution is -2.15. The number of aryl methyl sites for hydroxylation is 1. The van der Waals surface area contributed by atoms with Crippen molar-refractivity contribution in [2.45, 2.75) is 43.8 Å². The summed E-state index contributed by atoms with van der Waals surface area (Å²) in [4.78, 5) is 3.80. The number of nitrogens with two attached hydrogens (primary N) is 1. The van der Waals surface area contributed by atoms with Crippen molar-refractivity contribution in [3.63, 3.8) is 0 Å². The van der Waals surface area contributed by atoms with E-state index in [2.05, 4.69) is 10.1 Å². The highest BCUT2D eigenvalue weighted by molar-refractivity contribution is 7.90. The molecule has 2 aromatic carbocycles. The summed E-state index contributed by atoms with van der Waals surface area (Å²) in [7, 11) is -3.96. The molecule has 6 nitrogen and oxygen atoms in total. The van der Waals surface area contributed by atoms with Crippen LogP contribution in [0.1, 0.15) is 37.7 Å². The Morgan fingerprint density at radius 3 is 2.50 bits per heavy atom. The maximum Gasteiger partial charge on any atom is 0.186 e. The minimum absolute atomic E-state index is 0.288. The fraction of sp³-hybridized carbons (Fsp3) is 0.250. The second-order valence-electron chi connectivity index (χ2n) is 8.91. The Labute approximate surface area is 186 Å². The standard InChI is InChI=1S/C24H25FN4O2S/c1-15-12-17(14-32(30,31)22-9-8-16(13-20(22)25)24(2,3)4)29(28-15)21-7-5-6-19-18(21)10-11-27-23(19)26/h5-13H,14H2,1-4H3,(H2,26,27). The predicted molar refractivity (Wildman–Crippen MR) is 124 cm³/mol. The summed E-state index contributed by atoms with van der Waals surface area (Å²) in [6.07, 6.45) is 1.60. The maximum absolute atomic E-state index is 14.8. The third kappa shape index (κ3) is 3.98. The quantitative estimate of drug-likeness (QED) is 0.484. The fourth-order valence-electron chi connectivity index (χ4n) is 3.75. The van der Waals surface area contributed by atoms with E-state index in [0.717, 1.165) is 16.3 Å². The van der Waals surface area contributed by atoms with Gasteiger partial charge in [-0.15, -0.1) is 0 Å². The van der Waals surface area contributed by atoms with Crippen molar-refractivity contribution in [1.29, 1.82) is 0 Å². The number of pyridine rings is 1. The molecule has 2 N–H and O–H groups in total. The van der Waals surface area contributed by atoms with Crippen molar-refractivity contribution >= 4 is 26.4 Å². The monoisotopic (exact) mass is 452 g/mol. The number of hydrogen-bond acceptors (Lipinski definition) is 5. The molecule has 32 heavy (non-hydrogen) atoms. The summed E-state index contributed by atoms with van der Waals surface area (Å²) in [5.41, 5.74) is 8.22. The number of nitrogen functional groups attached to an aromatic ring is 1. The molecule has 0 aliphatic carbocycles. The number of hydrogen-bond donors (Lipinski definition) is 1. The van der Waals surface area contributed by atoms with E-state index >= 15 is 0 Å². The van der Waals surface area contributed by atoms with Gasteiger partial charge in [0.05, 0.1) is 22.8 Å². The molecule has 0 fully saturated rings. The smallest absolute Gasteiger partial charge is 0.186 e. The summed E-state index contributed by atoms with van der Waals surface area (Å²) in [5, 5.41) is 6.04. The Bertz CT molecular complexity index is 1440. The second-order valence-corrected chi connectivity index (χ2v) is 10.9. The normalized spacial score (nSPS) is 12.4. The van der Waals surface area contributed by atoms with Gasteiger partial charge in [-0.25, -0.2) is 22.5 Å². The predicted octanol–water partition coefficient (Wildman–Crippen LogP) is 4.72. The molecular formula is C24H25FN4O2S. The molecular weight excluding hydrogens is 427 g/mol. The molecule has 0 radical (unpaired) electrons. The van der Waals surface area contributed by atoms with Crippen molar-refractivity contribution in [3.05, 3.63) is 77.5 Å². The maximum atomic E-state index is 14.8. The van der Waals surface area contributed by atoms with Gasteiger partial charge < -0.3 is 5.73 Å². The zero-order valence-electron chi connectivity index (χ0n) is 18.4. The van der Waals surface area contributed by atoms with Gasteiger partial charge in [0.1, 0.15) is 16.5 Å². The highest BCUT2D eigenvalue weighted by Gasteiger charge is 2.25. The highest BCUT2D eigenvalue weighted by atomic mass is 32.2. The molecule has 0 saturated carbocycles. The Balaban J connectivity index is 1.79. The van der Waals surface area contributed by atoms with E-state index in [1.807, 2.05) is 39.0 Å². The van der Waals surface area contributed by atoms with Gasteiger partial charge >= 0.3 is 0 Å². The van der Waals surface area contributed by atoms with E-state index in [0.29, 0.717) is 22.9 Å². The molecule has 0 saturated heterocycles. The molecule has 0 atom stereocenters. The summed E-state index contributed by atoms with van der Waals surface area (Å²) < 4.78 is 42.8. The third-order valence-electron chi connectivity index (χ3n) is 5.42. The first-order valence-electron chi connectivity index (χ1n) is 10.2. The average molecular weight is 453 g/mol. The topological polar surface area (TPSA) is 90.9 Å². The molecule has 4 aromatic rings. The van der Waals surface area contributed by atoms with Crippen molar-refractivity contribution in [2.75, 3.05) is 5.73 Å². The Morgan fingerprint density at radius 2 is 1.81 bits per heavy atom. The molecule has 166 valence electrons. The number of aromatic nitrogens is 3. The molecule has 0 aliphatic rings. The van der Waals surface area contributed by atoms with Crippen LogP contribution in [-0.2, 0) is 21.0 Å². The minimum Gasteiger partial charge on any atom is -0.383 e. The largest absolute Gasteiger partial charge is 0.383 e. The van der Waals surface area contributed by atoms with Gasteiger partial charge in [-0.3, -0.25) is 0 Å². The van der Waals surface area contributed by atoms with Gasteiger partial charge in [-0.05, 0) is 48.2 Å². The Morgan fingerprint density at radius 1 is 1.06 bits per heavy atom. The zero-order chi connectivity index (χ0) is 23.3. The van der Waals surface area contributed by atoms with E-state index in [1.54, 1.807) is 36.0 Å².